The summed E-state index contributed by atoms with van der Waals surface area (Å²) in [5, 5.41) is 0. The number of hydrogen-bond donors (Lipinski definition) is 2. The lowest BCUT2D eigenvalue weighted by Crippen LogP contribution is -2.46. The normalized spacial score (nSPS) is 17.8. The molecule has 1 aliphatic heterocycles. The van der Waals surface area contributed by atoms with Crippen LogP contribution in [0.3, 0.4) is 0 Å². The summed E-state index contributed by atoms with van der Waals surface area (Å²) in [4.78, 5) is 11.9. The van der Waals surface area contributed by atoms with Crippen molar-refractivity contribution in [1.29, 1.82) is 0 Å². The molecular weight excluding hydrogens is 347 g/mol. The van der Waals surface area contributed by atoms with E-state index in [2.05, 4.69) is 4.72 Å². The molecule has 1 amide bonds. The van der Waals surface area contributed by atoms with Gasteiger partial charge in [-0.05, 0) is 25.0 Å². The van der Waals surface area contributed by atoms with E-state index in [1.165, 1.54) is 6.07 Å². The number of nitrogens with two attached hydrogens (primary N) is 1. The van der Waals surface area contributed by atoms with Crippen LogP contribution in [-0.4, -0.2) is 44.9 Å². The minimum absolute atomic E-state index is 0.0797. The Labute approximate surface area is 137 Å². The molecule has 0 atom stereocenters. The molecule has 0 aliphatic carbocycles. The maximum atomic E-state index is 13.0. The molecule has 0 unspecified atom stereocenters. The molecule has 1 fully saturated rings. The zero-order valence-electron chi connectivity index (χ0n) is 12.7. The molecule has 1 aliphatic rings. The summed E-state index contributed by atoms with van der Waals surface area (Å²) in [5.74, 6) is -0.479. The number of hydrogen-bond acceptors (Lipinski definition) is 4. The van der Waals surface area contributed by atoms with E-state index in [1.54, 1.807) is 4.90 Å². The van der Waals surface area contributed by atoms with Gasteiger partial charge >= 0.3 is 6.18 Å². The first kappa shape index (κ1) is 18.7. The van der Waals surface area contributed by atoms with Crippen molar-refractivity contribution in [1.82, 2.24) is 9.62 Å². The summed E-state index contributed by atoms with van der Waals surface area (Å²) in [6.45, 7) is 0.963. The fraction of sp³-hybridized carbons (Fsp3) is 0.500. The van der Waals surface area contributed by atoms with E-state index in [0.717, 1.165) is 18.2 Å². The van der Waals surface area contributed by atoms with Crippen molar-refractivity contribution in [3.8, 4) is 0 Å². The van der Waals surface area contributed by atoms with Gasteiger partial charge in [0.25, 0.3) is 0 Å². The number of alkyl halides is 3. The lowest BCUT2D eigenvalue weighted by molar-refractivity contribution is -0.139. The molecule has 0 spiro atoms. The molecule has 3 N–H and O–H groups in total. The average Bonchev–Trinajstić information content (AvgIpc) is 2.48. The number of benzene rings is 1. The minimum Gasteiger partial charge on any atom is -0.369 e. The van der Waals surface area contributed by atoms with E-state index in [9.17, 15) is 26.4 Å². The Morgan fingerprint density at radius 2 is 1.83 bits per heavy atom. The van der Waals surface area contributed by atoms with Crippen LogP contribution in [0.2, 0.25) is 0 Å². The highest BCUT2D eigenvalue weighted by atomic mass is 32.2. The van der Waals surface area contributed by atoms with Gasteiger partial charge in [0.15, 0.2) is 0 Å². The SMILES string of the molecule is NC(=O)CN1CCC(NS(=O)(=O)c2ccccc2C(F)(F)F)CC1. The van der Waals surface area contributed by atoms with Gasteiger partial charge in [0.1, 0.15) is 0 Å². The summed E-state index contributed by atoms with van der Waals surface area (Å²) in [7, 11) is -4.29. The van der Waals surface area contributed by atoms with Crippen LogP contribution in [0.1, 0.15) is 18.4 Å². The largest absolute Gasteiger partial charge is 0.417 e. The van der Waals surface area contributed by atoms with Crippen molar-refractivity contribution in [3.63, 3.8) is 0 Å². The Balaban J connectivity index is 2.10. The van der Waals surface area contributed by atoms with Crippen molar-refractivity contribution < 1.29 is 26.4 Å². The summed E-state index contributed by atoms with van der Waals surface area (Å²) in [6.07, 6.45) is -3.97. The molecule has 0 saturated carbocycles. The number of piperidine rings is 1. The number of carbonyl (C=O) groups is 1. The third-order valence-corrected chi connectivity index (χ3v) is 5.35. The van der Waals surface area contributed by atoms with Crippen LogP contribution < -0.4 is 10.5 Å². The molecule has 1 saturated heterocycles. The van der Waals surface area contributed by atoms with Crippen LogP contribution in [0.5, 0.6) is 0 Å². The zero-order valence-corrected chi connectivity index (χ0v) is 13.5. The van der Waals surface area contributed by atoms with Gasteiger partial charge in [0.05, 0.1) is 17.0 Å². The molecule has 1 heterocycles. The van der Waals surface area contributed by atoms with Gasteiger partial charge in [-0.1, -0.05) is 12.1 Å². The molecule has 10 heteroatoms. The Morgan fingerprint density at radius 3 is 2.38 bits per heavy atom. The predicted molar refractivity (Wildman–Crippen MR) is 80.4 cm³/mol. The Kier molecular flexibility index (Phi) is 5.51. The van der Waals surface area contributed by atoms with Crippen LogP contribution in [0.4, 0.5) is 13.2 Å². The number of nitrogens with one attached hydrogen (secondary N) is 1. The molecule has 6 nitrogen and oxygen atoms in total. The minimum atomic E-state index is -4.75. The van der Waals surface area contributed by atoms with Crippen LogP contribution in [-0.2, 0) is 21.0 Å². The van der Waals surface area contributed by atoms with E-state index in [4.69, 9.17) is 5.73 Å². The van der Waals surface area contributed by atoms with Gasteiger partial charge in [-0.2, -0.15) is 13.2 Å². The van der Waals surface area contributed by atoms with Gasteiger partial charge < -0.3 is 5.73 Å². The van der Waals surface area contributed by atoms with Crippen LogP contribution in [0, 0.1) is 0 Å². The van der Waals surface area contributed by atoms with Gasteiger partial charge in [-0.3, -0.25) is 9.69 Å². The molecule has 134 valence electrons. The third-order valence-electron chi connectivity index (χ3n) is 3.77. The summed E-state index contributed by atoms with van der Waals surface area (Å²) in [6, 6.07) is 3.58. The number of amides is 1. The first-order valence-corrected chi connectivity index (χ1v) is 8.77. The topological polar surface area (TPSA) is 92.5 Å². The van der Waals surface area contributed by atoms with E-state index in [0.29, 0.717) is 25.9 Å². The van der Waals surface area contributed by atoms with Gasteiger partial charge in [-0.25, -0.2) is 13.1 Å². The third kappa shape index (κ3) is 4.68. The summed E-state index contributed by atoms with van der Waals surface area (Å²) in [5.41, 5.74) is 3.90. The summed E-state index contributed by atoms with van der Waals surface area (Å²) >= 11 is 0. The van der Waals surface area contributed by atoms with Crippen molar-refractivity contribution in [3.05, 3.63) is 29.8 Å². The van der Waals surface area contributed by atoms with Crippen molar-refractivity contribution in [2.24, 2.45) is 5.73 Å². The lowest BCUT2D eigenvalue weighted by Gasteiger charge is -2.31. The van der Waals surface area contributed by atoms with Gasteiger partial charge in [0, 0.05) is 19.1 Å². The standard InChI is InChI=1S/C14H18F3N3O3S/c15-14(16,17)11-3-1-2-4-12(11)24(22,23)19-10-5-7-20(8-6-10)9-13(18)21/h1-4,10,19H,5-9H2,(H2,18,21). The van der Waals surface area contributed by atoms with Crippen LogP contribution >= 0.6 is 0 Å². The molecule has 0 aromatic heterocycles. The maximum Gasteiger partial charge on any atom is 0.417 e. The van der Waals surface area contributed by atoms with Crippen LogP contribution in [0.25, 0.3) is 0 Å². The number of nitrogens with zero attached hydrogens (tertiary/aromatic N) is 1. The predicted octanol–water partition coefficient (Wildman–Crippen LogP) is 0.933. The van der Waals surface area contributed by atoms with Gasteiger partial charge in [0.2, 0.25) is 15.9 Å². The Morgan fingerprint density at radius 1 is 1.25 bits per heavy atom. The number of halogens is 3. The molecular formula is C14H18F3N3O3S. The fourth-order valence-corrected chi connectivity index (χ4v) is 4.18. The monoisotopic (exact) mass is 365 g/mol. The first-order valence-electron chi connectivity index (χ1n) is 7.29. The van der Waals surface area contributed by atoms with E-state index >= 15 is 0 Å². The number of sulfonamides is 1. The van der Waals surface area contributed by atoms with Crippen molar-refractivity contribution >= 4 is 15.9 Å². The zero-order chi connectivity index (χ0) is 18.0. The maximum absolute atomic E-state index is 13.0. The molecule has 1 aromatic carbocycles. The second kappa shape index (κ2) is 7.08. The van der Waals surface area contributed by atoms with Gasteiger partial charge in [-0.15, -0.1) is 0 Å². The highest BCUT2D eigenvalue weighted by Gasteiger charge is 2.37. The number of likely N-dealkylation sites (tertiary alicyclic amines) is 1. The number of carbonyl (C=O) groups excluding carboxylic acids is 1. The fourth-order valence-electron chi connectivity index (χ4n) is 2.65. The lowest BCUT2D eigenvalue weighted by atomic mass is 10.1. The summed E-state index contributed by atoms with van der Waals surface area (Å²) < 4.78 is 65.9. The highest BCUT2D eigenvalue weighted by molar-refractivity contribution is 7.89. The average molecular weight is 365 g/mol. The molecule has 1 aromatic rings. The number of rotatable bonds is 5. The first-order chi connectivity index (χ1) is 11.1. The van der Waals surface area contributed by atoms with E-state index in [-0.39, 0.29) is 6.54 Å². The second-order valence-corrected chi connectivity index (χ2v) is 7.31. The Bertz CT molecular complexity index is 699. The second-order valence-electron chi connectivity index (χ2n) is 5.63. The Hall–Kier alpha value is -1.65. The molecule has 24 heavy (non-hydrogen) atoms. The van der Waals surface area contributed by atoms with Crippen LogP contribution in [0.15, 0.2) is 29.2 Å². The van der Waals surface area contributed by atoms with E-state index < -0.39 is 38.6 Å². The quantitative estimate of drug-likeness (QED) is 0.812. The van der Waals surface area contributed by atoms with Crippen molar-refractivity contribution in [2.75, 3.05) is 19.6 Å². The highest BCUT2D eigenvalue weighted by Crippen LogP contribution is 2.34. The smallest absolute Gasteiger partial charge is 0.369 e. The molecule has 2 rings (SSSR count). The molecule has 0 bridgehead atoms. The van der Waals surface area contributed by atoms with E-state index in [1.807, 2.05) is 0 Å². The van der Waals surface area contributed by atoms with Crippen molar-refractivity contribution in [2.45, 2.75) is 30.0 Å². The molecule has 0 radical (unpaired) electrons. The number of primary amides is 1.